The molecule has 0 spiro atoms. The summed E-state index contributed by atoms with van der Waals surface area (Å²) in [6.45, 7) is 1.41. The first-order valence-corrected chi connectivity index (χ1v) is 11.1. The van der Waals surface area contributed by atoms with Crippen LogP contribution in [0.25, 0.3) is 27.8 Å². The summed E-state index contributed by atoms with van der Waals surface area (Å²) in [5, 5.41) is 11.2. The smallest absolute Gasteiger partial charge is 0.343 e. The van der Waals surface area contributed by atoms with Crippen LogP contribution in [0.15, 0.2) is 58.1 Å². The van der Waals surface area contributed by atoms with Crippen LogP contribution in [-0.2, 0) is 28.3 Å². The zero-order valence-electron chi connectivity index (χ0n) is 18.7. The van der Waals surface area contributed by atoms with E-state index >= 15 is 0 Å². The van der Waals surface area contributed by atoms with Crippen molar-refractivity contribution in [3.05, 3.63) is 91.7 Å². The van der Waals surface area contributed by atoms with Crippen molar-refractivity contribution >= 4 is 22.6 Å². The second-order valence-corrected chi connectivity index (χ2v) is 8.85. The predicted octanol–water partition coefficient (Wildman–Crippen LogP) is 2.56. The maximum absolute atomic E-state index is 14.2. The zero-order valence-corrected chi connectivity index (χ0v) is 18.7. The fourth-order valence-electron chi connectivity index (χ4n) is 5.19. The first kappa shape index (κ1) is 21.3. The number of nitrogens with zero attached hydrogens (tertiary/aromatic N) is 2. The molecule has 0 saturated heterocycles. The summed E-state index contributed by atoms with van der Waals surface area (Å²) < 4.78 is 22.6. The van der Waals surface area contributed by atoms with Crippen LogP contribution >= 0.6 is 0 Å². The van der Waals surface area contributed by atoms with E-state index in [1.54, 1.807) is 29.7 Å². The van der Waals surface area contributed by atoms with Gasteiger partial charge in [-0.05, 0) is 48.9 Å². The predicted molar refractivity (Wildman–Crippen MR) is 127 cm³/mol. The van der Waals surface area contributed by atoms with E-state index < -0.39 is 28.4 Å². The number of nitrogen functional groups attached to an aromatic ring is 1. The van der Waals surface area contributed by atoms with Crippen LogP contribution in [0, 0.1) is 5.82 Å². The van der Waals surface area contributed by atoms with E-state index in [9.17, 15) is 23.9 Å². The van der Waals surface area contributed by atoms with E-state index in [-0.39, 0.29) is 47.3 Å². The van der Waals surface area contributed by atoms with Gasteiger partial charge in [-0.3, -0.25) is 9.59 Å². The van der Waals surface area contributed by atoms with Gasteiger partial charge in [-0.2, -0.15) is 0 Å². The number of aromatic nitrogens is 2. The SMILES string of the molecule is CC[C@@]1(O)C(=O)OCc2c1cc1n(c2=O)Cc2c-1c(=O)c1cc(F)ccc1n2-c1cccc(N)c1. The van der Waals surface area contributed by atoms with Crippen molar-refractivity contribution in [2.24, 2.45) is 0 Å². The molecule has 8 nitrogen and oxygen atoms in total. The van der Waals surface area contributed by atoms with E-state index in [1.165, 1.54) is 28.8 Å². The number of hydrogen-bond acceptors (Lipinski definition) is 6. The topological polar surface area (TPSA) is 117 Å². The van der Waals surface area contributed by atoms with Gasteiger partial charge in [0.25, 0.3) is 5.56 Å². The lowest BCUT2D eigenvalue weighted by atomic mass is 9.85. The molecule has 2 aliphatic rings. The first-order chi connectivity index (χ1) is 16.7. The second kappa shape index (κ2) is 7.13. The molecule has 4 heterocycles. The third-order valence-corrected chi connectivity index (χ3v) is 6.96. The average Bonchev–Trinajstić information content (AvgIpc) is 3.22. The van der Waals surface area contributed by atoms with Crippen LogP contribution in [0.5, 0.6) is 0 Å². The average molecular weight is 473 g/mol. The highest BCUT2D eigenvalue weighted by Gasteiger charge is 2.45. The van der Waals surface area contributed by atoms with E-state index in [0.717, 1.165) is 0 Å². The summed E-state index contributed by atoms with van der Waals surface area (Å²) in [5.74, 6) is -1.41. The molecular formula is C26H20FN3O5. The number of anilines is 1. The minimum Gasteiger partial charge on any atom is -0.458 e. The molecule has 0 bridgehead atoms. The number of rotatable bonds is 2. The summed E-state index contributed by atoms with van der Waals surface area (Å²) in [6, 6.07) is 12.5. The van der Waals surface area contributed by atoms with Gasteiger partial charge in [0, 0.05) is 22.3 Å². The van der Waals surface area contributed by atoms with Crippen LogP contribution in [-0.4, -0.2) is 20.2 Å². The monoisotopic (exact) mass is 473 g/mol. The molecular weight excluding hydrogens is 453 g/mol. The van der Waals surface area contributed by atoms with Crippen molar-refractivity contribution in [1.82, 2.24) is 9.13 Å². The Hall–Kier alpha value is -4.24. The van der Waals surface area contributed by atoms with Gasteiger partial charge >= 0.3 is 5.97 Å². The Morgan fingerprint density at radius 3 is 2.69 bits per heavy atom. The summed E-state index contributed by atoms with van der Waals surface area (Å²) in [4.78, 5) is 39.6. The molecule has 0 fully saturated rings. The number of nitrogens with two attached hydrogens (primary N) is 1. The Labute approximate surface area is 197 Å². The molecule has 3 N–H and O–H groups in total. The maximum Gasteiger partial charge on any atom is 0.343 e. The van der Waals surface area contributed by atoms with Gasteiger partial charge in [0.2, 0.25) is 0 Å². The molecule has 176 valence electrons. The van der Waals surface area contributed by atoms with Gasteiger partial charge < -0.3 is 24.7 Å². The van der Waals surface area contributed by atoms with E-state index in [0.29, 0.717) is 22.6 Å². The molecule has 2 aliphatic heterocycles. The first-order valence-electron chi connectivity index (χ1n) is 11.1. The van der Waals surface area contributed by atoms with Crippen molar-refractivity contribution < 1.29 is 19.0 Å². The Bertz CT molecular complexity index is 1720. The Balaban J connectivity index is 1.75. The molecule has 0 saturated carbocycles. The molecule has 4 aromatic rings. The fraction of sp³-hybridized carbons (Fsp3) is 0.192. The fourth-order valence-corrected chi connectivity index (χ4v) is 5.19. The number of pyridine rings is 2. The quantitative estimate of drug-likeness (QED) is 0.301. The summed E-state index contributed by atoms with van der Waals surface area (Å²) in [5.41, 5.74) is 6.03. The minimum atomic E-state index is -2.00. The van der Waals surface area contributed by atoms with Crippen molar-refractivity contribution in [1.29, 1.82) is 0 Å². The van der Waals surface area contributed by atoms with E-state index in [2.05, 4.69) is 0 Å². The van der Waals surface area contributed by atoms with Crippen LogP contribution in [0.4, 0.5) is 10.1 Å². The van der Waals surface area contributed by atoms with Crippen LogP contribution in [0.3, 0.4) is 0 Å². The van der Waals surface area contributed by atoms with Crippen LogP contribution < -0.4 is 16.7 Å². The number of benzene rings is 2. The Morgan fingerprint density at radius 1 is 1.14 bits per heavy atom. The molecule has 0 unspecified atom stereocenters. The number of halogens is 1. The molecule has 0 amide bonds. The summed E-state index contributed by atoms with van der Waals surface area (Å²) >= 11 is 0. The van der Waals surface area contributed by atoms with Crippen LogP contribution in [0.1, 0.15) is 30.2 Å². The summed E-state index contributed by atoms with van der Waals surface area (Å²) in [7, 11) is 0. The lowest BCUT2D eigenvalue weighted by Crippen LogP contribution is -2.44. The number of ether oxygens (including phenoxy) is 1. The molecule has 0 radical (unpaired) electrons. The second-order valence-electron chi connectivity index (χ2n) is 8.85. The maximum atomic E-state index is 14.2. The Kier molecular flexibility index (Phi) is 4.34. The van der Waals surface area contributed by atoms with E-state index in [1.807, 2.05) is 6.07 Å². The number of esters is 1. The number of fused-ring (bicyclic) bond motifs is 5. The number of carbonyl (C=O) groups is 1. The number of aliphatic hydroxyl groups is 1. The lowest BCUT2D eigenvalue weighted by molar-refractivity contribution is -0.172. The van der Waals surface area contributed by atoms with Gasteiger partial charge in [-0.25, -0.2) is 9.18 Å². The van der Waals surface area contributed by atoms with Gasteiger partial charge in [-0.1, -0.05) is 13.0 Å². The lowest BCUT2D eigenvalue weighted by Gasteiger charge is -2.31. The van der Waals surface area contributed by atoms with E-state index in [4.69, 9.17) is 10.5 Å². The third-order valence-electron chi connectivity index (χ3n) is 6.96. The van der Waals surface area contributed by atoms with Crippen molar-refractivity contribution in [2.45, 2.75) is 32.1 Å². The van der Waals surface area contributed by atoms with Crippen molar-refractivity contribution in [2.75, 3.05) is 5.73 Å². The minimum absolute atomic E-state index is 0.00889. The zero-order chi connectivity index (χ0) is 24.6. The standard InChI is InChI=1S/C26H20FN3O5/c1-2-26(34)18-10-20-22-21(11-29(20)24(32)17(18)12-35-25(26)33)30(15-5-3-4-14(28)9-15)19-7-6-13(27)8-16(19)23(22)31/h3-10,34H,2,11-12,28H2,1H3/t26-/m0/s1. The normalized spacial score (nSPS) is 18.2. The Morgan fingerprint density at radius 2 is 1.94 bits per heavy atom. The van der Waals surface area contributed by atoms with Crippen molar-refractivity contribution in [3.63, 3.8) is 0 Å². The van der Waals surface area contributed by atoms with Gasteiger partial charge in [-0.15, -0.1) is 0 Å². The molecule has 2 aromatic heterocycles. The summed E-state index contributed by atoms with van der Waals surface area (Å²) in [6.07, 6.45) is -0.00889. The largest absolute Gasteiger partial charge is 0.458 e. The number of hydrogen-bond donors (Lipinski definition) is 2. The molecule has 2 aromatic carbocycles. The molecule has 35 heavy (non-hydrogen) atoms. The highest BCUT2D eigenvalue weighted by molar-refractivity contribution is 5.89. The highest BCUT2D eigenvalue weighted by Crippen LogP contribution is 2.39. The molecule has 9 heteroatoms. The van der Waals surface area contributed by atoms with Gasteiger partial charge in [0.05, 0.1) is 34.6 Å². The molecule has 1 atom stereocenters. The van der Waals surface area contributed by atoms with Gasteiger partial charge in [0.1, 0.15) is 12.4 Å². The van der Waals surface area contributed by atoms with Crippen molar-refractivity contribution in [3.8, 4) is 16.9 Å². The number of cyclic esters (lactones) is 1. The molecule has 6 rings (SSSR count). The van der Waals surface area contributed by atoms with Crippen LogP contribution in [0.2, 0.25) is 0 Å². The highest BCUT2D eigenvalue weighted by atomic mass is 19.1. The molecule has 0 aliphatic carbocycles. The third kappa shape index (κ3) is 2.78. The van der Waals surface area contributed by atoms with Gasteiger partial charge in [0.15, 0.2) is 11.0 Å². The number of carbonyl (C=O) groups excluding carboxylic acids is 1.